The van der Waals surface area contributed by atoms with E-state index < -0.39 is 0 Å². The van der Waals surface area contributed by atoms with Crippen LogP contribution in [0.1, 0.15) is 48.9 Å². The average molecular weight is 392 g/mol. The van der Waals surface area contributed by atoms with E-state index in [0.717, 1.165) is 48.7 Å². The molecule has 5 heteroatoms. The van der Waals surface area contributed by atoms with Crippen molar-refractivity contribution in [3.05, 3.63) is 46.5 Å². The van der Waals surface area contributed by atoms with Crippen molar-refractivity contribution in [1.82, 2.24) is 4.90 Å². The molecular formula is C24H28N2O3. The van der Waals surface area contributed by atoms with Gasteiger partial charge in [0.1, 0.15) is 5.75 Å². The lowest BCUT2D eigenvalue weighted by atomic mass is 9.74. The predicted molar refractivity (Wildman–Crippen MR) is 116 cm³/mol. The smallest absolute Gasteiger partial charge is 0.231 e. The first kappa shape index (κ1) is 18.2. The summed E-state index contributed by atoms with van der Waals surface area (Å²) in [5, 5.41) is 3.30. The molecule has 0 radical (unpaired) electrons. The van der Waals surface area contributed by atoms with Crippen molar-refractivity contribution >= 4 is 17.5 Å². The van der Waals surface area contributed by atoms with Gasteiger partial charge in [-0.2, -0.15) is 0 Å². The van der Waals surface area contributed by atoms with Gasteiger partial charge in [0.15, 0.2) is 11.5 Å². The van der Waals surface area contributed by atoms with E-state index in [1.165, 1.54) is 28.0 Å². The van der Waals surface area contributed by atoms with E-state index in [-0.39, 0.29) is 5.54 Å². The average Bonchev–Trinajstić information content (AvgIpc) is 3.22. The van der Waals surface area contributed by atoms with E-state index in [0.29, 0.717) is 6.79 Å². The Bertz CT molecular complexity index is 1010. The van der Waals surface area contributed by atoms with E-state index in [1.54, 1.807) is 7.11 Å². The van der Waals surface area contributed by atoms with Gasteiger partial charge in [0, 0.05) is 30.4 Å². The third kappa shape index (κ3) is 2.39. The van der Waals surface area contributed by atoms with Crippen LogP contribution in [-0.4, -0.2) is 32.4 Å². The van der Waals surface area contributed by atoms with Crippen LogP contribution in [0.4, 0.5) is 5.69 Å². The van der Waals surface area contributed by atoms with Crippen molar-refractivity contribution in [3.63, 3.8) is 0 Å². The Kier molecular flexibility index (Phi) is 4.16. The van der Waals surface area contributed by atoms with Crippen LogP contribution in [0.2, 0.25) is 0 Å². The number of anilines is 1. The molecule has 5 nitrogen and oxygen atoms in total. The van der Waals surface area contributed by atoms with Gasteiger partial charge in [0.25, 0.3) is 0 Å². The second-order valence-electron chi connectivity index (χ2n) is 7.89. The molecule has 0 saturated carbocycles. The van der Waals surface area contributed by atoms with Crippen molar-refractivity contribution in [3.8, 4) is 17.2 Å². The third-order valence-electron chi connectivity index (χ3n) is 6.88. The van der Waals surface area contributed by atoms with Crippen molar-refractivity contribution in [2.24, 2.45) is 0 Å². The summed E-state index contributed by atoms with van der Waals surface area (Å²) in [5.74, 6) is 2.67. The number of methoxy groups -OCH3 is 1. The van der Waals surface area contributed by atoms with Gasteiger partial charge in [-0.1, -0.05) is 19.9 Å². The fraction of sp³-hybridized carbons (Fsp3) is 0.417. The van der Waals surface area contributed by atoms with Crippen LogP contribution < -0.4 is 19.5 Å². The molecule has 0 unspecified atom stereocenters. The van der Waals surface area contributed by atoms with E-state index in [2.05, 4.69) is 54.4 Å². The highest BCUT2D eigenvalue weighted by atomic mass is 16.7. The minimum absolute atomic E-state index is 0.105. The monoisotopic (exact) mass is 392 g/mol. The minimum Gasteiger partial charge on any atom is -0.494 e. The molecule has 1 N–H and O–H groups in total. The van der Waals surface area contributed by atoms with Crippen molar-refractivity contribution in [1.29, 1.82) is 0 Å². The predicted octanol–water partition coefficient (Wildman–Crippen LogP) is 4.85. The summed E-state index contributed by atoms with van der Waals surface area (Å²) in [6.07, 6.45) is 5.34. The van der Waals surface area contributed by atoms with Crippen LogP contribution in [0.25, 0.3) is 11.8 Å². The molecule has 0 atom stereocenters. The molecule has 3 heterocycles. The number of hydrogen-bond acceptors (Lipinski definition) is 5. The Morgan fingerprint density at radius 1 is 1.14 bits per heavy atom. The van der Waals surface area contributed by atoms with Gasteiger partial charge in [-0.15, -0.1) is 0 Å². The summed E-state index contributed by atoms with van der Waals surface area (Å²) in [6.45, 7) is 5.86. The lowest BCUT2D eigenvalue weighted by Crippen LogP contribution is -2.49. The molecule has 3 aliphatic rings. The van der Waals surface area contributed by atoms with Crippen molar-refractivity contribution < 1.29 is 14.2 Å². The first-order valence-electron chi connectivity index (χ1n) is 10.5. The second-order valence-corrected chi connectivity index (χ2v) is 7.89. The van der Waals surface area contributed by atoms with E-state index >= 15 is 0 Å². The van der Waals surface area contributed by atoms with Crippen molar-refractivity contribution in [2.75, 3.05) is 32.8 Å². The van der Waals surface area contributed by atoms with Crippen LogP contribution in [0.15, 0.2) is 24.3 Å². The number of nitrogens with one attached hydrogen (secondary N) is 1. The molecule has 0 fully saturated rings. The zero-order chi connectivity index (χ0) is 20.2. The van der Waals surface area contributed by atoms with Gasteiger partial charge < -0.3 is 24.4 Å². The highest BCUT2D eigenvalue weighted by molar-refractivity contribution is 5.89. The van der Waals surface area contributed by atoms with E-state index in [4.69, 9.17) is 14.2 Å². The Labute approximate surface area is 172 Å². The fourth-order valence-corrected chi connectivity index (χ4v) is 5.40. The number of benzene rings is 2. The lowest BCUT2D eigenvalue weighted by Gasteiger charge is -2.52. The number of ether oxygens (including phenoxy) is 3. The minimum atomic E-state index is -0.105. The molecule has 5 rings (SSSR count). The molecule has 29 heavy (non-hydrogen) atoms. The fourth-order valence-electron chi connectivity index (χ4n) is 5.40. The molecule has 0 aliphatic carbocycles. The lowest BCUT2D eigenvalue weighted by molar-refractivity contribution is 0.135. The number of rotatable bonds is 4. The van der Waals surface area contributed by atoms with Crippen LogP contribution >= 0.6 is 0 Å². The molecule has 2 aromatic rings. The summed E-state index contributed by atoms with van der Waals surface area (Å²) < 4.78 is 17.3. The molecule has 0 spiro atoms. The molecule has 2 aromatic carbocycles. The Morgan fingerprint density at radius 2 is 1.90 bits per heavy atom. The van der Waals surface area contributed by atoms with Crippen LogP contribution in [0.3, 0.4) is 0 Å². The molecule has 0 aromatic heterocycles. The summed E-state index contributed by atoms with van der Waals surface area (Å²) >= 11 is 0. The normalized spacial score (nSPS) is 17.8. The number of fused-ring (bicyclic) bond motifs is 5. The highest BCUT2D eigenvalue weighted by Crippen LogP contribution is 2.54. The number of nitrogens with zero attached hydrogens (tertiary/aromatic N) is 1. The van der Waals surface area contributed by atoms with Gasteiger partial charge in [0.05, 0.1) is 18.3 Å². The second kappa shape index (κ2) is 6.61. The first-order chi connectivity index (χ1) is 14.2. The zero-order valence-electron chi connectivity index (χ0n) is 17.6. The zero-order valence-corrected chi connectivity index (χ0v) is 17.6. The van der Waals surface area contributed by atoms with Gasteiger partial charge in [-0.05, 0) is 54.7 Å². The maximum Gasteiger partial charge on any atom is 0.231 e. The van der Waals surface area contributed by atoms with Crippen LogP contribution in [0, 0.1) is 0 Å². The Balaban J connectivity index is 1.78. The molecular weight excluding hydrogens is 364 g/mol. The molecule has 0 bridgehead atoms. The number of hydrogen-bond donors (Lipinski definition) is 1. The van der Waals surface area contributed by atoms with Crippen LogP contribution in [0.5, 0.6) is 17.2 Å². The van der Waals surface area contributed by atoms with Crippen LogP contribution in [-0.2, 0) is 12.0 Å². The van der Waals surface area contributed by atoms with Gasteiger partial charge in [-0.25, -0.2) is 0 Å². The van der Waals surface area contributed by atoms with Crippen molar-refractivity contribution in [2.45, 2.75) is 38.6 Å². The van der Waals surface area contributed by atoms with E-state index in [1.807, 2.05) is 7.05 Å². The maximum absolute atomic E-state index is 5.95. The molecule has 152 valence electrons. The molecule has 0 saturated heterocycles. The van der Waals surface area contributed by atoms with Gasteiger partial charge in [-0.3, -0.25) is 0 Å². The maximum atomic E-state index is 5.95. The summed E-state index contributed by atoms with van der Waals surface area (Å²) in [7, 11) is 3.73. The standard InChI is InChI=1S/C24H28N2O3/c1-5-24(6-2)22-16(7-8-18(25-3)23(22)27-4)11-19-17-13-21-20(28-14-29-21)12-15(17)9-10-26(19)24/h7-8,11-13,25H,5-6,9-10,14H2,1-4H3. The largest absolute Gasteiger partial charge is 0.494 e. The quantitative estimate of drug-likeness (QED) is 0.806. The van der Waals surface area contributed by atoms with Gasteiger partial charge in [0.2, 0.25) is 6.79 Å². The summed E-state index contributed by atoms with van der Waals surface area (Å²) in [4.78, 5) is 2.60. The Morgan fingerprint density at radius 3 is 2.59 bits per heavy atom. The Hall–Kier alpha value is -2.82. The SMILES string of the molecule is CCC1(CC)c2c(ccc(NC)c2OC)C=C2c3cc4c(cc3CCN21)OCO4. The van der Waals surface area contributed by atoms with E-state index in [9.17, 15) is 0 Å². The summed E-state index contributed by atoms with van der Waals surface area (Å²) in [6, 6.07) is 8.66. The van der Waals surface area contributed by atoms with Gasteiger partial charge >= 0.3 is 0 Å². The summed E-state index contributed by atoms with van der Waals surface area (Å²) in [5.41, 5.74) is 7.33. The third-order valence-corrected chi connectivity index (χ3v) is 6.88. The highest BCUT2D eigenvalue weighted by Gasteiger charge is 2.45. The molecule has 0 amide bonds. The molecule has 3 aliphatic heterocycles. The first-order valence-corrected chi connectivity index (χ1v) is 10.5. The topological polar surface area (TPSA) is 43.0 Å².